The van der Waals surface area contributed by atoms with E-state index in [-0.39, 0.29) is 36.6 Å². The number of imide groups is 1. The molecule has 0 radical (unpaired) electrons. The maximum atomic E-state index is 11.9. The second-order valence-electron chi connectivity index (χ2n) is 3.68. The monoisotopic (exact) mass is 362 g/mol. The number of rotatable bonds is 3. The molecule has 2 rings (SSSR count). The highest BCUT2D eigenvalue weighted by atomic mass is 79.9. The molecular formula is C12H12BrClN2O2S. The molecule has 2 amide bonds. The van der Waals surface area contributed by atoms with Gasteiger partial charge in [0.15, 0.2) is 0 Å². The van der Waals surface area contributed by atoms with Crippen molar-refractivity contribution in [2.45, 2.75) is 0 Å². The van der Waals surface area contributed by atoms with E-state index in [4.69, 9.17) is 5.73 Å². The highest BCUT2D eigenvalue weighted by molar-refractivity contribution is 9.10. The van der Waals surface area contributed by atoms with E-state index in [1.165, 1.54) is 4.90 Å². The van der Waals surface area contributed by atoms with Crippen molar-refractivity contribution in [2.24, 2.45) is 5.73 Å². The van der Waals surface area contributed by atoms with Crippen LogP contribution in [0, 0.1) is 0 Å². The average molecular weight is 364 g/mol. The van der Waals surface area contributed by atoms with Gasteiger partial charge in [0.05, 0.1) is 4.91 Å². The summed E-state index contributed by atoms with van der Waals surface area (Å²) in [5.74, 6) is -0.268. The molecule has 1 heterocycles. The molecule has 0 bridgehead atoms. The molecule has 1 aromatic carbocycles. The van der Waals surface area contributed by atoms with E-state index < -0.39 is 0 Å². The number of halogens is 2. The normalized spacial score (nSPS) is 16.9. The lowest BCUT2D eigenvalue weighted by Crippen LogP contribution is -2.33. The Morgan fingerprint density at radius 2 is 2.11 bits per heavy atom. The molecular weight excluding hydrogens is 352 g/mol. The molecule has 1 saturated heterocycles. The minimum atomic E-state index is -0.268. The van der Waals surface area contributed by atoms with E-state index in [1.54, 1.807) is 6.08 Å². The predicted octanol–water partition coefficient (Wildman–Crippen LogP) is 2.87. The van der Waals surface area contributed by atoms with E-state index in [9.17, 15) is 9.59 Å². The maximum Gasteiger partial charge on any atom is 0.293 e. The van der Waals surface area contributed by atoms with Gasteiger partial charge in [-0.3, -0.25) is 14.5 Å². The molecule has 7 heteroatoms. The smallest absolute Gasteiger partial charge is 0.293 e. The van der Waals surface area contributed by atoms with Gasteiger partial charge in [-0.2, -0.15) is 0 Å². The summed E-state index contributed by atoms with van der Waals surface area (Å²) in [5.41, 5.74) is 6.25. The molecule has 1 aliphatic heterocycles. The first-order valence-corrected chi connectivity index (χ1v) is 6.94. The topological polar surface area (TPSA) is 63.4 Å². The van der Waals surface area contributed by atoms with Gasteiger partial charge < -0.3 is 5.73 Å². The fraction of sp³-hybridized carbons (Fsp3) is 0.167. The van der Waals surface area contributed by atoms with Crippen LogP contribution in [-0.2, 0) is 4.79 Å². The number of hydrogen-bond acceptors (Lipinski definition) is 4. The Morgan fingerprint density at radius 1 is 1.37 bits per heavy atom. The summed E-state index contributed by atoms with van der Waals surface area (Å²) in [4.78, 5) is 25.2. The van der Waals surface area contributed by atoms with Crippen molar-refractivity contribution in [2.75, 3.05) is 13.1 Å². The van der Waals surface area contributed by atoms with Crippen molar-refractivity contribution in [1.82, 2.24) is 4.90 Å². The SMILES string of the molecule is Cl.NCCN1C(=O)SC(=Cc2cccc(Br)c2)C1=O. The number of thioether (sulfide) groups is 1. The molecule has 0 atom stereocenters. The van der Waals surface area contributed by atoms with E-state index in [2.05, 4.69) is 15.9 Å². The largest absolute Gasteiger partial charge is 0.329 e. The number of hydrogen-bond donors (Lipinski definition) is 1. The van der Waals surface area contributed by atoms with E-state index in [0.29, 0.717) is 4.91 Å². The Hall–Kier alpha value is -0.820. The molecule has 2 N–H and O–H groups in total. The predicted molar refractivity (Wildman–Crippen MR) is 83.1 cm³/mol. The third-order valence-corrected chi connectivity index (χ3v) is 3.77. The summed E-state index contributed by atoms with van der Waals surface area (Å²) in [6, 6.07) is 7.54. The summed E-state index contributed by atoms with van der Waals surface area (Å²) < 4.78 is 0.928. The van der Waals surface area contributed by atoms with Crippen molar-refractivity contribution >= 4 is 57.3 Å². The highest BCUT2D eigenvalue weighted by Gasteiger charge is 2.34. The minimum absolute atomic E-state index is 0. The van der Waals surface area contributed by atoms with Crippen LogP contribution in [0.5, 0.6) is 0 Å². The highest BCUT2D eigenvalue weighted by Crippen LogP contribution is 2.32. The lowest BCUT2D eigenvalue weighted by atomic mass is 10.2. The number of amides is 2. The number of carbonyl (C=O) groups is 2. The second kappa shape index (κ2) is 7.09. The molecule has 102 valence electrons. The zero-order valence-electron chi connectivity index (χ0n) is 9.84. The molecule has 4 nitrogen and oxygen atoms in total. The Morgan fingerprint density at radius 3 is 2.74 bits per heavy atom. The van der Waals surface area contributed by atoms with E-state index >= 15 is 0 Å². The molecule has 1 fully saturated rings. The van der Waals surface area contributed by atoms with Gasteiger partial charge in [0.1, 0.15) is 0 Å². The average Bonchev–Trinajstić information content (AvgIpc) is 2.57. The van der Waals surface area contributed by atoms with Crippen LogP contribution in [0.15, 0.2) is 33.6 Å². The summed E-state index contributed by atoms with van der Waals surface area (Å²) in [5, 5.41) is -0.258. The number of carbonyl (C=O) groups excluding carboxylic acids is 2. The van der Waals surface area contributed by atoms with Gasteiger partial charge >= 0.3 is 0 Å². The number of nitrogens with two attached hydrogens (primary N) is 1. The summed E-state index contributed by atoms with van der Waals surface area (Å²) in [6.45, 7) is 0.544. The fourth-order valence-corrected chi connectivity index (χ4v) is 2.85. The minimum Gasteiger partial charge on any atom is -0.329 e. The maximum absolute atomic E-state index is 11.9. The van der Waals surface area contributed by atoms with E-state index in [1.807, 2.05) is 24.3 Å². The van der Waals surface area contributed by atoms with Gasteiger partial charge in [0.2, 0.25) is 0 Å². The van der Waals surface area contributed by atoms with Crippen LogP contribution >= 0.6 is 40.1 Å². The molecule has 0 saturated carbocycles. The zero-order valence-corrected chi connectivity index (χ0v) is 13.1. The molecule has 1 aromatic rings. The second-order valence-corrected chi connectivity index (χ2v) is 5.59. The fourth-order valence-electron chi connectivity index (χ4n) is 1.57. The van der Waals surface area contributed by atoms with Gasteiger partial charge in [-0.15, -0.1) is 12.4 Å². The molecule has 0 unspecified atom stereocenters. The first-order chi connectivity index (χ1) is 8.61. The quantitative estimate of drug-likeness (QED) is 0.839. The number of nitrogens with zero attached hydrogens (tertiary/aromatic N) is 1. The summed E-state index contributed by atoms with van der Waals surface area (Å²) in [6.07, 6.45) is 1.71. The van der Waals surface area contributed by atoms with Crippen LogP contribution in [0.1, 0.15) is 5.56 Å². The van der Waals surface area contributed by atoms with Gasteiger partial charge in [-0.05, 0) is 35.5 Å². The van der Waals surface area contributed by atoms with E-state index in [0.717, 1.165) is 21.8 Å². The van der Waals surface area contributed by atoms with Gasteiger partial charge in [0.25, 0.3) is 11.1 Å². The van der Waals surface area contributed by atoms with Gasteiger partial charge in [0, 0.05) is 17.6 Å². The zero-order chi connectivity index (χ0) is 13.1. The summed E-state index contributed by atoms with van der Waals surface area (Å²) >= 11 is 4.31. The van der Waals surface area contributed by atoms with Crippen LogP contribution in [0.2, 0.25) is 0 Å². The standard InChI is InChI=1S/C12H11BrN2O2S.ClH/c13-9-3-1-2-8(6-9)7-10-11(16)15(5-4-14)12(17)18-10;/h1-3,6-7H,4-5,14H2;1H. The van der Waals surface area contributed by atoms with Crippen LogP contribution < -0.4 is 5.73 Å². The van der Waals surface area contributed by atoms with Crippen molar-refractivity contribution in [3.63, 3.8) is 0 Å². The molecule has 0 spiro atoms. The van der Waals surface area contributed by atoms with Crippen LogP contribution in [0.25, 0.3) is 6.08 Å². The third kappa shape index (κ3) is 3.82. The Balaban J connectivity index is 0.00000180. The van der Waals surface area contributed by atoms with Crippen molar-refractivity contribution in [3.8, 4) is 0 Å². The van der Waals surface area contributed by atoms with Crippen LogP contribution in [0.3, 0.4) is 0 Å². The van der Waals surface area contributed by atoms with Crippen molar-refractivity contribution in [3.05, 3.63) is 39.2 Å². The molecule has 1 aliphatic rings. The van der Waals surface area contributed by atoms with Crippen molar-refractivity contribution < 1.29 is 9.59 Å². The Labute approximate surface area is 129 Å². The van der Waals surface area contributed by atoms with Gasteiger partial charge in [-0.25, -0.2) is 0 Å². The first-order valence-electron chi connectivity index (χ1n) is 5.33. The van der Waals surface area contributed by atoms with Crippen LogP contribution in [-0.4, -0.2) is 29.1 Å². The van der Waals surface area contributed by atoms with Crippen LogP contribution in [0.4, 0.5) is 4.79 Å². The molecule has 0 aromatic heterocycles. The molecule has 19 heavy (non-hydrogen) atoms. The molecule has 0 aliphatic carbocycles. The summed E-state index contributed by atoms with van der Waals surface area (Å²) in [7, 11) is 0. The number of benzene rings is 1. The lowest BCUT2D eigenvalue weighted by Gasteiger charge is -2.09. The van der Waals surface area contributed by atoms with Gasteiger partial charge in [-0.1, -0.05) is 28.1 Å². The lowest BCUT2D eigenvalue weighted by molar-refractivity contribution is -0.122. The Kier molecular flexibility index (Phi) is 6.06. The Bertz CT molecular complexity index is 536. The van der Waals surface area contributed by atoms with Crippen molar-refractivity contribution in [1.29, 1.82) is 0 Å². The third-order valence-electron chi connectivity index (χ3n) is 2.37. The first kappa shape index (κ1) is 16.2.